The number of nitrogens with one attached hydrogen (secondary N) is 2. The van der Waals surface area contributed by atoms with Crippen LogP contribution in [0.2, 0.25) is 0 Å². The molecule has 11 nitrogen and oxygen atoms in total. The number of nitrogens with zero attached hydrogens (tertiary/aromatic N) is 6. The summed E-state index contributed by atoms with van der Waals surface area (Å²) >= 11 is 0. The summed E-state index contributed by atoms with van der Waals surface area (Å²) in [6, 6.07) is 5.74. The van der Waals surface area contributed by atoms with Gasteiger partial charge in [-0.15, -0.1) is 0 Å². The smallest absolute Gasteiger partial charge is 0.257 e. The zero-order valence-electron chi connectivity index (χ0n) is 18.6. The largest absolute Gasteiger partial charge is 0.484 e. The van der Waals surface area contributed by atoms with E-state index in [1.807, 2.05) is 18.2 Å². The van der Waals surface area contributed by atoms with Crippen LogP contribution < -0.4 is 19.5 Å². The molecular formula is C22H24N8O3S. The standard InChI is InChI=1S/C22H22N8O3.H2S/c1-13(15-3-4-23-22-19(15)32-5-6-33-22)9-24-18-8-17(26-11-27-18)14-7-16(20-28-12-29-30-20)21(31-2)25-10-14;/h3-4,7-8,10-13H,5-6,9H2,1-2H3,(H,24,26,27)(H,28,29,30);1H2/t13-;/m1./s1. The molecule has 0 saturated carbocycles. The molecule has 2 N–H and O–H groups in total. The number of hydrogen-bond donors (Lipinski definition) is 2. The summed E-state index contributed by atoms with van der Waals surface area (Å²) in [5, 5.41) is 10.1. The van der Waals surface area contributed by atoms with Crippen LogP contribution in [0, 0.1) is 0 Å². The van der Waals surface area contributed by atoms with Gasteiger partial charge in [0.05, 0.1) is 18.4 Å². The number of aromatic nitrogens is 7. The van der Waals surface area contributed by atoms with E-state index in [0.717, 1.165) is 11.1 Å². The van der Waals surface area contributed by atoms with Crippen molar-refractivity contribution in [3.05, 3.63) is 48.8 Å². The van der Waals surface area contributed by atoms with Crippen molar-refractivity contribution in [2.24, 2.45) is 0 Å². The molecule has 5 rings (SSSR count). The first-order chi connectivity index (χ1) is 16.2. The van der Waals surface area contributed by atoms with Crippen LogP contribution in [0.1, 0.15) is 18.4 Å². The fraction of sp³-hybridized carbons (Fsp3) is 0.273. The maximum atomic E-state index is 5.80. The van der Waals surface area contributed by atoms with Crippen LogP contribution in [-0.2, 0) is 0 Å². The summed E-state index contributed by atoms with van der Waals surface area (Å²) in [6.07, 6.45) is 6.40. The molecule has 0 spiro atoms. The van der Waals surface area contributed by atoms with Gasteiger partial charge in [0.1, 0.15) is 31.7 Å². The molecule has 4 aromatic heterocycles. The summed E-state index contributed by atoms with van der Waals surface area (Å²) in [5.74, 6) is 3.11. The number of rotatable bonds is 7. The topological polar surface area (TPSA) is 133 Å². The van der Waals surface area contributed by atoms with Crippen molar-refractivity contribution in [1.82, 2.24) is 35.1 Å². The van der Waals surface area contributed by atoms with E-state index in [2.05, 4.69) is 47.4 Å². The van der Waals surface area contributed by atoms with Gasteiger partial charge >= 0.3 is 0 Å². The molecule has 0 bridgehead atoms. The Hall–Kier alpha value is -3.93. The number of ether oxygens (including phenoxy) is 3. The lowest BCUT2D eigenvalue weighted by molar-refractivity contribution is 0.162. The molecule has 0 unspecified atom stereocenters. The van der Waals surface area contributed by atoms with Crippen LogP contribution in [0.15, 0.2) is 43.2 Å². The van der Waals surface area contributed by atoms with Gasteiger partial charge in [0.2, 0.25) is 5.88 Å². The van der Waals surface area contributed by atoms with Gasteiger partial charge in [-0.1, -0.05) is 6.92 Å². The first-order valence-corrected chi connectivity index (χ1v) is 10.4. The van der Waals surface area contributed by atoms with Crippen LogP contribution >= 0.6 is 13.5 Å². The maximum absolute atomic E-state index is 5.80. The molecule has 1 aliphatic heterocycles. The second-order valence-corrected chi connectivity index (χ2v) is 7.42. The van der Waals surface area contributed by atoms with Crippen molar-refractivity contribution in [1.29, 1.82) is 0 Å². The lowest BCUT2D eigenvalue weighted by Crippen LogP contribution is -2.19. The highest BCUT2D eigenvalue weighted by Gasteiger charge is 2.21. The Morgan fingerprint density at radius 3 is 2.79 bits per heavy atom. The van der Waals surface area contributed by atoms with Crippen LogP contribution in [-0.4, -0.2) is 62.0 Å². The Morgan fingerprint density at radius 2 is 1.97 bits per heavy atom. The van der Waals surface area contributed by atoms with Crippen LogP contribution in [0.25, 0.3) is 22.6 Å². The molecular weight excluding hydrogens is 456 g/mol. The number of aromatic amines is 1. The Labute approximate surface area is 202 Å². The fourth-order valence-electron chi connectivity index (χ4n) is 3.60. The molecule has 4 aromatic rings. The predicted octanol–water partition coefficient (Wildman–Crippen LogP) is 2.83. The summed E-state index contributed by atoms with van der Waals surface area (Å²) in [4.78, 5) is 21.6. The molecule has 1 aliphatic rings. The molecule has 0 radical (unpaired) electrons. The second kappa shape index (κ2) is 10.3. The number of anilines is 1. The van der Waals surface area contributed by atoms with Gasteiger partial charge < -0.3 is 19.5 Å². The minimum absolute atomic E-state index is 0. The van der Waals surface area contributed by atoms with Gasteiger partial charge in [0.15, 0.2) is 11.6 Å². The number of pyridine rings is 2. The molecule has 12 heteroatoms. The van der Waals surface area contributed by atoms with Crippen molar-refractivity contribution in [3.8, 4) is 40.2 Å². The third kappa shape index (κ3) is 4.71. The van der Waals surface area contributed by atoms with Crippen molar-refractivity contribution >= 4 is 19.3 Å². The van der Waals surface area contributed by atoms with Gasteiger partial charge in [0.25, 0.3) is 5.88 Å². The molecule has 5 heterocycles. The molecule has 34 heavy (non-hydrogen) atoms. The highest BCUT2D eigenvalue weighted by molar-refractivity contribution is 7.59. The Bertz CT molecular complexity index is 1250. The van der Waals surface area contributed by atoms with Gasteiger partial charge in [-0.2, -0.15) is 18.6 Å². The number of methoxy groups -OCH3 is 1. The molecule has 0 aromatic carbocycles. The van der Waals surface area contributed by atoms with E-state index in [0.29, 0.717) is 60.2 Å². The maximum Gasteiger partial charge on any atom is 0.257 e. The van der Waals surface area contributed by atoms with Gasteiger partial charge in [-0.05, 0) is 12.1 Å². The summed E-state index contributed by atoms with van der Waals surface area (Å²) < 4.78 is 16.7. The summed E-state index contributed by atoms with van der Waals surface area (Å²) in [7, 11) is 1.56. The van der Waals surface area contributed by atoms with Crippen molar-refractivity contribution < 1.29 is 14.2 Å². The van der Waals surface area contributed by atoms with Crippen LogP contribution in [0.5, 0.6) is 17.5 Å². The van der Waals surface area contributed by atoms with Crippen molar-refractivity contribution in [3.63, 3.8) is 0 Å². The lowest BCUT2D eigenvalue weighted by atomic mass is 10.0. The second-order valence-electron chi connectivity index (χ2n) is 7.42. The molecule has 1 atom stereocenters. The normalized spacial score (nSPS) is 13.0. The van der Waals surface area contributed by atoms with Crippen molar-refractivity contribution in [2.75, 3.05) is 32.2 Å². The Kier molecular flexibility index (Phi) is 7.07. The van der Waals surface area contributed by atoms with Crippen molar-refractivity contribution in [2.45, 2.75) is 12.8 Å². The molecule has 0 fully saturated rings. The van der Waals surface area contributed by atoms with E-state index in [1.54, 1.807) is 19.5 Å². The fourth-order valence-corrected chi connectivity index (χ4v) is 3.60. The van der Waals surface area contributed by atoms with E-state index >= 15 is 0 Å². The number of H-pyrrole nitrogens is 1. The van der Waals surface area contributed by atoms with Gasteiger partial charge in [-0.25, -0.2) is 24.9 Å². The van der Waals surface area contributed by atoms with E-state index in [-0.39, 0.29) is 19.4 Å². The highest BCUT2D eigenvalue weighted by Crippen LogP contribution is 2.36. The van der Waals surface area contributed by atoms with E-state index in [1.165, 1.54) is 12.7 Å². The zero-order chi connectivity index (χ0) is 22.6. The SMILES string of the molecule is COc1ncc(-c2cc(NC[C@@H](C)c3ccnc4c3OCCO4)ncn2)cc1-c1ncn[nH]1.S. The van der Waals surface area contributed by atoms with E-state index in [9.17, 15) is 0 Å². The molecule has 0 saturated heterocycles. The lowest BCUT2D eigenvalue weighted by Gasteiger charge is -2.22. The average Bonchev–Trinajstić information content (AvgIpc) is 3.42. The average molecular weight is 481 g/mol. The number of fused-ring (bicyclic) bond motifs is 1. The van der Waals surface area contributed by atoms with Crippen LogP contribution in [0.3, 0.4) is 0 Å². The quantitative estimate of drug-likeness (QED) is 0.407. The predicted molar refractivity (Wildman–Crippen MR) is 130 cm³/mol. The van der Waals surface area contributed by atoms with E-state index in [4.69, 9.17) is 14.2 Å². The third-order valence-electron chi connectivity index (χ3n) is 5.27. The highest BCUT2D eigenvalue weighted by atomic mass is 32.1. The van der Waals surface area contributed by atoms with E-state index < -0.39 is 0 Å². The Morgan fingerprint density at radius 1 is 1.09 bits per heavy atom. The third-order valence-corrected chi connectivity index (χ3v) is 5.27. The minimum atomic E-state index is 0. The molecule has 176 valence electrons. The first kappa shape index (κ1) is 23.2. The van der Waals surface area contributed by atoms with Crippen LogP contribution in [0.4, 0.5) is 5.82 Å². The summed E-state index contributed by atoms with van der Waals surface area (Å²) in [5.41, 5.74) is 3.25. The zero-order valence-corrected chi connectivity index (χ0v) is 19.6. The Balaban J connectivity index is 0.00000274. The number of hydrogen-bond acceptors (Lipinski definition) is 10. The monoisotopic (exact) mass is 480 g/mol. The molecule has 0 amide bonds. The van der Waals surface area contributed by atoms with Gasteiger partial charge in [-0.3, -0.25) is 5.10 Å². The van der Waals surface area contributed by atoms with Gasteiger partial charge in [0, 0.05) is 42.0 Å². The molecule has 0 aliphatic carbocycles. The first-order valence-electron chi connectivity index (χ1n) is 10.4. The minimum Gasteiger partial charge on any atom is -0.484 e. The summed E-state index contributed by atoms with van der Waals surface area (Å²) in [6.45, 7) is 3.78.